The van der Waals surface area contributed by atoms with Gasteiger partial charge in [-0.1, -0.05) is 214 Å². The van der Waals surface area contributed by atoms with Crippen LogP contribution in [0.4, 0.5) is 0 Å². The molecule has 0 amide bonds. The van der Waals surface area contributed by atoms with E-state index in [1.807, 2.05) is 19.0 Å². The van der Waals surface area contributed by atoms with E-state index in [0.29, 0.717) is 0 Å². The highest BCUT2D eigenvalue weighted by molar-refractivity contribution is 7.80. The number of carboxylic acid groups (broad SMARTS) is 2. The Morgan fingerprint density at radius 2 is 0.782 bits per heavy atom. The molecule has 0 aromatic rings. The second-order valence-electron chi connectivity index (χ2n) is 16.4. The van der Waals surface area contributed by atoms with Crippen molar-refractivity contribution in [1.82, 2.24) is 15.1 Å². The predicted molar refractivity (Wildman–Crippen MR) is 246 cm³/mol. The van der Waals surface area contributed by atoms with Crippen molar-refractivity contribution in [2.75, 3.05) is 40.3 Å². The minimum Gasteiger partial charge on any atom is -0.483 e. The Morgan fingerprint density at radius 1 is 0.491 bits per heavy atom. The fourth-order valence-electron chi connectivity index (χ4n) is 7.68. The van der Waals surface area contributed by atoms with E-state index in [2.05, 4.69) is 37.9 Å². The summed E-state index contributed by atoms with van der Waals surface area (Å²) in [5.41, 5.74) is 0. The van der Waals surface area contributed by atoms with Crippen molar-refractivity contribution in [1.29, 1.82) is 0 Å². The Labute approximate surface area is 349 Å². The summed E-state index contributed by atoms with van der Waals surface area (Å²) in [4.78, 5) is 21.5. The van der Waals surface area contributed by atoms with Crippen LogP contribution in [0.3, 0.4) is 0 Å². The number of nitrogens with zero attached hydrogens (tertiary/aromatic N) is 2. The van der Waals surface area contributed by atoms with Gasteiger partial charge in [0.05, 0.1) is 0 Å². The lowest BCUT2D eigenvalue weighted by atomic mass is 9.89. The summed E-state index contributed by atoms with van der Waals surface area (Å²) in [7, 11) is 4.06. The molecular weight excluding hydrogens is 703 g/mol. The van der Waals surface area contributed by atoms with Crippen molar-refractivity contribution in [2.45, 2.75) is 233 Å². The molecule has 0 radical (unpaired) electrons. The Bertz CT molecular complexity index is 752. The fourth-order valence-corrected chi connectivity index (χ4v) is 7.79. The van der Waals surface area contributed by atoms with E-state index >= 15 is 0 Å². The molecule has 0 aliphatic heterocycles. The molecule has 0 rings (SSSR count). The first-order valence-electron chi connectivity index (χ1n) is 23.6. The summed E-state index contributed by atoms with van der Waals surface area (Å²) in [5.74, 6) is 1.98. The van der Waals surface area contributed by atoms with Crippen LogP contribution in [0, 0.1) is 11.8 Å². The first kappa shape index (κ1) is 57.9. The van der Waals surface area contributed by atoms with E-state index in [1.54, 1.807) is 0 Å². The quantitative estimate of drug-likeness (QED) is 0.0322. The van der Waals surface area contributed by atoms with Crippen LogP contribution in [0.25, 0.3) is 0 Å². The van der Waals surface area contributed by atoms with E-state index in [0.717, 1.165) is 23.5 Å². The van der Waals surface area contributed by atoms with Crippen molar-refractivity contribution >= 4 is 30.3 Å². The monoisotopic (exact) mass is 800 g/mol. The molecule has 0 heterocycles. The summed E-state index contributed by atoms with van der Waals surface area (Å²) >= 11 is 5.45. The van der Waals surface area contributed by atoms with Crippen LogP contribution in [0.5, 0.6) is 0 Å². The van der Waals surface area contributed by atoms with E-state index in [4.69, 9.17) is 32.0 Å². The maximum atomic E-state index is 8.36. The molecule has 7 nitrogen and oxygen atoms in total. The molecular formula is C47H97N3O4S. The molecule has 330 valence electrons. The van der Waals surface area contributed by atoms with E-state index < -0.39 is 0 Å². The van der Waals surface area contributed by atoms with Crippen molar-refractivity contribution < 1.29 is 19.8 Å². The maximum Gasteiger partial charge on any atom is 0.290 e. The molecule has 0 aromatic carbocycles. The molecule has 0 saturated carbocycles. The molecule has 0 bridgehead atoms. The molecule has 0 aliphatic rings. The zero-order valence-corrected chi connectivity index (χ0v) is 38.6. The maximum absolute atomic E-state index is 8.36. The van der Waals surface area contributed by atoms with Crippen molar-refractivity contribution in [2.24, 2.45) is 11.8 Å². The largest absolute Gasteiger partial charge is 0.483 e. The second kappa shape index (κ2) is 50.6. The SMILES string of the molecule is CCCCCCCCC(CC)CCCCCCCN(CCCCCCCC(CCCCCC)CCCCCCC)CCCNC(=S)N(C)C.O=CO.O=CO. The van der Waals surface area contributed by atoms with Gasteiger partial charge in [-0.3, -0.25) is 9.59 Å². The van der Waals surface area contributed by atoms with Gasteiger partial charge in [-0.05, 0) is 63.0 Å². The zero-order chi connectivity index (χ0) is 41.5. The zero-order valence-electron chi connectivity index (χ0n) is 37.8. The molecule has 2 atom stereocenters. The summed E-state index contributed by atoms with van der Waals surface area (Å²) in [6.07, 6.45) is 45.8. The highest BCUT2D eigenvalue weighted by Crippen LogP contribution is 2.25. The van der Waals surface area contributed by atoms with Gasteiger partial charge in [0.2, 0.25) is 0 Å². The summed E-state index contributed by atoms with van der Waals surface area (Å²) in [6.45, 7) is 13.7. The van der Waals surface area contributed by atoms with Crippen LogP contribution in [0.2, 0.25) is 0 Å². The third-order valence-electron chi connectivity index (χ3n) is 11.2. The van der Waals surface area contributed by atoms with Gasteiger partial charge in [-0.2, -0.15) is 0 Å². The van der Waals surface area contributed by atoms with Crippen molar-refractivity contribution in [3.63, 3.8) is 0 Å². The van der Waals surface area contributed by atoms with Crippen LogP contribution in [0.15, 0.2) is 0 Å². The Hall–Kier alpha value is -1.41. The number of nitrogens with one attached hydrogen (secondary N) is 1. The number of hydrogen-bond donors (Lipinski definition) is 3. The van der Waals surface area contributed by atoms with Gasteiger partial charge in [0.25, 0.3) is 12.9 Å². The molecule has 55 heavy (non-hydrogen) atoms. The van der Waals surface area contributed by atoms with E-state index in [1.165, 1.54) is 225 Å². The topological polar surface area (TPSA) is 93.1 Å². The van der Waals surface area contributed by atoms with Crippen molar-refractivity contribution in [3.8, 4) is 0 Å². The molecule has 0 aliphatic carbocycles. The first-order valence-corrected chi connectivity index (χ1v) is 24.0. The van der Waals surface area contributed by atoms with Crippen LogP contribution >= 0.6 is 12.2 Å². The minimum atomic E-state index is -0.250. The van der Waals surface area contributed by atoms with Crippen LogP contribution in [0.1, 0.15) is 233 Å². The molecule has 2 unspecified atom stereocenters. The second-order valence-corrected chi connectivity index (χ2v) is 16.8. The van der Waals surface area contributed by atoms with Gasteiger partial charge in [-0.15, -0.1) is 0 Å². The van der Waals surface area contributed by atoms with Crippen LogP contribution in [-0.2, 0) is 9.59 Å². The Morgan fingerprint density at radius 3 is 1.13 bits per heavy atom. The lowest BCUT2D eigenvalue weighted by Crippen LogP contribution is -2.36. The fraction of sp³-hybridized carbons (Fsp3) is 0.936. The number of unbranched alkanes of at least 4 members (excludes halogenated alkanes) is 20. The lowest BCUT2D eigenvalue weighted by molar-refractivity contribution is -0.123. The first-order chi connectivity index (χ1) is 26.8. The van der Waals surface area contributed by atoms with Gasteiger partial charge >= 0.3 is 0 Å². The number of rotatable bonds is 39. The van der Waals surface area contributed by atoms with E-state index in [9.17, 15) is 0 Å². The van der Waals surface area contributed by atoms with Crippen molar-refractivity contribution in [3.05, 3.63) is 0 Å². The highest BCUT2D eigenvalue weighted by Gasteiger charge is 2.10. The van der Waals surface area contributed by atoms with Crippen LogP contribution < -0.4 is 5.32 Å². The Kier molecular flexibility index (Phi) is 53.3. The summed E-state index contributed by atoms with van der Waals surface area (Å²) < 4.78 is 0. The number of carbonyl (C=O) groups is 2. The third-order valence-corrected chi connectivity index (χ3v) is 11.7. The summed E-state index contributed by atoms with van der Waals surface area (Å²) in [5, 5.41) is 18.1. The average Bonchev–Trinajstić information content (AvgIpc) is 3.17. The molecule has 0 aromatic heterocycles. The predicted octanol–water partition coefficient (Wildman–Crippen LogP) is 13.9. The van der Waals surface area contributed by atoms with Gasteiger partial charge in [0.1, 0.15) is 0 Å². The van der Waals surface area contributed by atoms with Gasteiger partial charge < -0.3 is 25.3 Å². The molecule has 0 spiro atoms. The van der Waals surface area contributed by atoms with Crippen LogP contribution in [-0.4, -0.2) is 78.3 Å². The summed E-state index contributed by atoms with van der Waals surface area (Å²) in [6, 6.07) is 0. The molecule has 3 N–H and O–H groups in total. The standard InChI is InChI=1S/C45H93N3S.2CH2O2/c1-7-11-14-17-21-27-34-43(10-4)35-28-22-18-24-31-40-48(42-33-39-46-45(49)47(5)6)41-32-25-19-23-30-38-44(36-26-16-13-9-3)37-29-20-15-12-8-2;2*2-1-3/h43-44H,7-42H2,1-6H3,(H,46,49);2*1H,(H,2,3). The smallest absolute Gasteiger partial charge is 0.290 e. The molecule has 0 fully saturated rings. The van der Waals surface area contributed by atoms with Gasteiger partial charge in [-0.25, -0.2) is 0 Å². The highest BCUT2D eigenvalue weighted by atomic mass is 32.1. The average molecular weight is 800 g/mol. The van der Waals surface area contributed by atoms with Gasteiger partial charge in [0.15, 0.2) is 5.11 Å². The third kappa shape index (κ3) is 48.7. The molecule has 8 heteroatoms. The van der Waals surface area contributed by atoms with Gasteiger partial charge in [0, 0.05) is 20.6 Å². The Balaban J connectivity index is -0.00000420. The normalized spacial score (nSPS) is 11.9. The molecule has 0 saturated heterocycles. The minimum absolute atomic E-state index is 0.250. The lowest BCUT2D eigenvalue weighted by Gasteiger charge is -2.23. The number of hydrogen-bond acceptors (Lipinski definition) is 4. The number of thiocarbonyl (C=S) groups is 1. The van der Waals surface area contributed by atoms with E-state index in [-0.39, 0.29) is 12.9 Å².